The van der Waals surface area contributed by atoms with Crippen LogP contribution in [0.3, 0.4) is 0 Å². The van der Waals surface area contributed by atoms with Crippen molar-refractivity contribution in [2.45, 2.75) is 24.9 Å². The van der Waals surface area contributed by atoms with E-state index in [2.05, 4.69) is 4.90 Å². The Hall–Kier alpha value is -0.680. The van der Waals surface area contributed by atoms with Crippen LogP contribution in [0.5, 0.6) is 0 Å². The number of rotatable bonds is 7. The number of methoxy groups -OCH3 is 1. The molecule has 1 fully saturated rings. The summed E-state index contributed by atoms with van der Waals surface area (Å²) in [7, 11) is 1.69. The van der Waals surface area contributed by atoms with Crippen molar-refractivity contribution in [3.8, 4) is 0 Å². The Morgan fingerprint density at radius 1 is 1.53 bits per heavy atom. The van der Waals surface area contributed by atoms with Gasteiger partial charge in [0.25, 0.3) is 0 Å². The number of ether oxygens (including phenoxy) is 1. The molecular weight excluding hydrogens is 267 g/mol. The molecule has 1 aromatic carbocycles. The summed E-state index contributed by atoms with van der Waals surface area (Å²) in [5.74, 6) is -0.389. The van der Waals surface area contributed by atoms with Gasteiger partial charge in [-0.3, -0.25) is 4.90 Å². The molecule has 1 aliphatic rings. The maximum absolute atomic E-state index is 13.6. The first-order valence-electron chi connectivity index (χ1n) is 6.57. The quantitative estimate of drug-likeness (QED) is 0.837. The van der Waals surface area contributed by atoms with E-state index in [9.17, 15) is 4.39 Å². The fourth-order valence-corrected chi connectivity index (χ4v) is 2.50. The molecule has 2 rings (SSSR count). The van der Waals surface area contributed by atoms with Crippen molar-refractivity contribution < 1.29 is 9.13 Å². The topological polar surface area (TPSA) is 38.5 Å². The lowest BCUT2D eigenvalue weighted by Crippen LogP contribution is -2.37. The molecule has 0 aromatic heterocycles. The number of benzene rings is 1. The van der Waals surface area contributed by atoms with E-state index in [0.29, 0.717) is 19.2 Å². The second kappa shape index (κ2) is 6.66. The Balaban J connectivity index is 2.17. The van der Waals surface area contributed by atoms with Crippen molar-refractivity contribution in [2.75, 3.05) is 26.8 Å². The van der Waals surface area contributed by atoms with E-state index >= 15 is 0 Å². The molecule has 0 heterocycles. The summed E-state index contributed by atoms with van der Waals surface area (Å²) in [4.78, 5) is 2.31. The lowest BCUT2D eigenvalue weighted by molar-refractivity contribution is 0.115. The van der Waals surface area contributed by atoms with Gasteiger partial charge in [-0.2, -0.15) is 0 Å². The van der Waals surface area contributed by atoms with E-state index < -0.39 is 0 Å². The van der Waals surface area contributed by atoms with Gasteiger partial charge in [0.2, 0.25) is 0 Å². The Kier molecular flexibility index (Phi) is 5.16. The Labute approximate surface area is 118 Å². The first kappa shape index (κ1) is 14.7. The molecular formula is C14H20ClFN2O. The summed E-state index contributed by atoms with van der Waals surface area (Å²) >= 11 is 5.73. The summed E-state index contributed by atoms with van der Waals surface area (Å²) in [6.45, 7) is 1.93. The third-order valence-electron chi connectivity index (χ3n) is 3.52. The fraction of sp³-hybridized carbons (Fsp3) is 0.571. The summed E-state index contributed by atoms with van der Waals surface area (Å²) in [5.41, 5.74) is 6.78. The molecule has 3 nitrogen and oxygen atoms in total. The average Bonchev–Trinajstić information content (AvgIpc) is 3.22. The maximum Gasteiger partial charge on any atom is 0.142 e. The van der Waals surface area contributed by atoms with Crippen LogP contribution < -0.4 is 5.73 Å². The third-order valence-corrected chi connectivity index (χ3v) is 3.83. The van der Waals surface area contributed by atoms with Crippen LogP contribution in [0.25, 0.3) is 0 Å². The minimum Gasteiger partial charge on any atom is -0.383 e. The van der Waals surface area contributed by atoms with Crippen LogP contribution in [0.1, 0.15) is 24.4 Å². The average molecular weight is 287 g/mol. The van der Waals surface area contributed by atoms with Gasteiger partial charge in [0, 0.05) is 32.3 Å². The molecule has 0 radical (unpaired) electrons. The molecule has 0 saturated heterocycles. The van der Waals surface area contributed by atoms with Gasteiger partial charge in [-0.25, -0.2) is 4.39 Å². The van der Waals surface area contributed by atoms with Crippen LogP contribution >= 0.6 is 11.6 Å². The van der Waals surface area contributed by atoms with Gasteiger partial charge >= 0.3 is 0 Å². The molecule has 0 aliphatic heterocycles. The smallest absolute Gasteiger partial charge is 0.142 e. The van der Waals surface area contributed by atoms with E-state index in [4.69, 9.17) is 22.1 Å². The van der Waals surface area contributed by atoms with Crippen LogP contribution in [0.4, 0.5) is 4.39 Å². The highest BCUT2D eigenvalue weighted by Crippen LogP contribution is 2.34. The SMILES string of the molecule is COCCN(C1CC1)C(CN)c1ccc(Cl)c(F)c1. The molecule has 1 aromatic rings. The van der Waals surface area contributed by atoms with Crippen molar-refractivity contribution in [2.24, 2.45) is 5.73 Å². The van der Waals surface area contributed by atoms with Crippen molar-refractivity contribution in [1.29, 1.82) is 0 Å². The molecule has 1 saturated carbocycles. The molecule has 19 heavy (non-hydrogen) atoms. The number of nitrogens with two attached hydrogens (primary N) is 1. The van der Waals surface area contributed by atoms with Gasteiger partial charge in [-0.05, 0) is 30.5 Å². The molecule has 0 spiro atoms. The minimum absolute atomic E-state index is 0.0226. The summed E-state index contributed by atoms with van der Waals surface area (Å²) in [5, 5.41) is 0.148. The largest absolute Gasteiger partial charge is 0.383 e. The molecule has 1 atom stereocenters. The van der Waals surface area contributed by atoms with Crippen molar-refractivity contribution in [1.82, 2.24) is 4.90 Å². The number of hydrogen-bond donors (Lipinski definition) is 1. The van der Waals surface area contributed by atoms with Crippen LogP contribution in [-0.2, 0) is 4.74 Å². The summed E-state index contributed by atoms with van der Waals surface area (Å²) in [6.07, 6.45) is 2.35. The van der Waals surface area contributed by atoms with E-state index in [1.165, 1.54) is 18.9 Å². The summed E-state index contributed by atoms with van der Waals surface area (Å²) < 4.78 is 18.7. The maximum atomic E-state index is 13.6. The van der Waals surface area contributed by atoms with E-state index in [-0.39, 0.29) is 16.9 Å². The Morgan fingerprint density at radius 2 is 2.26 bits per heavy atom. The Morgan fingerprint density at radius 3 is 2.79 bits per heavy atom. The molecule has 0 amide bonds. The third kappa shape index (κ3) is 3.66. The van der Waals surface area contributed by atoms with Gasteiger partial charge in [-0.1, -0.05) is 17.7 Å². The van der Waals surface area contributed by atoms with Gasteiger partial charge in [0.05, 0.1) is 11.6 Å². The van der Waals surface area contributed by atoms with E-state index in [0.717, 1.165) is 12.1 Å². The highest BCUT2D eigenvalue weighted by Gasteiger charge is 2.33. The first-order valence-corrected chi connectivity index (χ1v) is 6.95. The zero-order chi connectivity index (χ0) is 13.8. The molecule has 106 valence electrons. The molecule has 1 unspecified atom stereocenters. The zero-order valence-electron chi connectivity index (χ0n) is 11.1. The van der Waals surface area contributed by atoms with Crippen molar-refractivity contribution in [3.63, 3.8) is 0 Å². The number of hydrogen-bond acceptors (Lipinski definition) is 3. The van der Waals surface area contributed by atoms with Crippen LogP contribution in [0.15, 0.2) is 18.2 Å². The molecule has 0 bridgehead atoms. The highest BCUT2D eigenvalue weighted by molar-refractivity contribution is 6.30. The van der Waals surface area contributed by atoms with Gasteiger partial charge < -0.3 is 10.5 Å². The Bertz CT molecular complexity index is 426. The predicted molar refractivity (Wildman–Crippen MR) is 74.8 cm³/mol. The highest BCUT2D eigenvalue weighted by atomic mass is 35.5. The van der Waals surface area contributed by atoms with Gasteiger partial charge in [0.15, 0.2) is 0 Å². The minimum atomic E-state index is -0.389. The monoisotopic (exact) mass is 286 g/mol. The van der Waals surface area contributed by atoms with Crippen molar-refractivity contribution in [3.05, 3.63) is 34.6 Å². The van der Waals surface area contributed by atoms with Crippen LogP contribution in [0.2, 0.25) is 5.02 Å². The zero-order valence-corrected chi connectivity index (χ0v) is 11.9. The van der Waals surface area contributed by atoms with Crippen molar-refractivity contribution >= 4 is 11.6 Å². The second-order valence-electron chi connectivity index (χ2n) is 4.89. The first-order chi connectivity index (χ1) is 9.17. The van der Waals surface area contributed by atoms with Gasteiger partial charge in [0.1, 0.15) is 5.82 Å². The fourth-order valence-electron chi connectivity index (χ4n) is 2.38. The molecule has 1 aliphatic carbocycles. The molecule has 5 heteroatoms. The van der Waals surface area contributed by atoms with Crippen LogP contribution in [-0.4, -0.2) is 37.7 Å². The standard InChI is InChI=1S/C14H20ClFN2O/c1-19-7-6-18(11-3-4-11)14(9-17)10-2-5-12(15)13(16)8-10/h2,5,8,11,14H,3-4,6-7,9,17H2,1H3. The second-order valence-corrected chi connectivity index (χ2v) is 5.29. The lowest BCUT2D eigenvalue weighted by Gasteiger charge is -2.31. The van der Waals surface area contributed by atoms with Crippen LogP contribution in [0, 0.1) is 5.82 Å². The number of halogens is 2. The van der Waals surface area contributed by atoms with E-state index in [1.54, 1.807) is 13.2 Å². The number of nitrogens with zero attached hydrogens (tertiary/aromatic N) is 1. The molecule has 2 N–H and O–H groups in total. The lowest BCUT2D eigenvalue weighted by atomic mass is 10.0. The van der Waals surface area contributed by atoms with Gasteiger partial charge in [-0.15, -0.1) is 0 Å². The summed E-state index contributed by atoms with van der Waals surface area (Å²) in [6, 6.07) is 5.50. The normalized spacial score (nSPS) is 16.9. The van der Waals surface area contributed by atoms with E-state index in [1.807, 2.05) is 6.07 Å². The predicted octanol–water partition coefficient (Wildman–Crippen LogP) is 2.59.